The van der Waals surface area contributed by atoms with Crippen molar-refractivity contribution in [1.29, 1.82) is 0 Å². The quantitative estimate of drug-likeness (QED) is 0.0261. The van der Waals surface area contributed by atoms with Gasteiger partial charge in [0.2, 0.25) is 0 Å². The SMILES string of the molecule is CC/C=C\C/C=C\C/C=C\C/C=C\C/C=C\CCCCCCCC(=O)OC(COC(=O)CC/C=C\C/C=C\C/C=C\C/C=C\CC)COC(=O)CCCCCCCCCCCCCCCC/C=C\C/C=C\C/C=C\CCCCCCC. The van der Waals surface area contributed by atoms with Crippen LogP contribution in [-0.4, -0.2) is 37.2 Å². The molecule has 0 fully saturated rings. The number of rotatable bonds is 59. The second kappa shape index (κ2) is 67.8. The highest BCUT2D eigenvalue weighted by atomic mass is 16.6. The lowest BCUT2D eigenvalue weighted by molar-refractivity contribution is -0.166. The summed E-state index contributed by atoms with van der Waals surface area (Å²) in [7, 11) is 0. The average Bonchev–Trinajstić information content (AvgIpc) is 3.46. The van der Waals surface area contributed by atoms with Crippen molar-refractivity contribution in [3.63, 3.8) is 0 Å². The summed E-state index contributed by atoms with van der Waals surface area (Å²) < 4.78 is 16.8. The Morgan fingerprint density at radius 3 is 0.827 bits per heavy atom. The van der Waals surface area contributed by atoms with Gasteiger partial charge in [-0.3, -0.25) is 14.4 Å². The Labute approximate surface area is 499 Å². The van der Waals surface area contributed by atoms with Crippen molar-refractivity contribution in [3.05, 3.63) is 146 Å². The van der Waals surface area contributed by atoms with E-state index < -0.39 is 6.10 Å². The van der Waals surface area contributed by atoms with Crippen molar-refractivity contribution >= 4 is 17.9 Å². The molecule has 0 N–H and O–H groups in total. The van der Waals surface area contributed by atoms with Crippen LogP contribution in [0.3, 0.4) is 0 Å². The van der Waals surface area contributed by atoms with Crippen molar-refractivity contribution in [2.24, 2.45) is 0 Å². The Bertz CT molecular complexity index is 1760. The summed E-state index contributed by atoms with van der Waals surface area (Å²) in [6.07, 6.45) is 97.4. The van der Waals surface area contributed by atoms with Crippen LogP contribution in [0.2, 0.25) is 0 Å². The standard InChI is InChI=1S/C75H122O6/c1-4-7-10-13-16-19-22-25-27-29-31-33-34-35-36-37-38-39-40-42-43-45-47-50-53-56-59-62-65-68-74(77)80-71-72(70-79-73(76)67-64-61-58-55-52-49-24-21-18-15-12-9-6-3)81-75(78)69-66-63-60-57-54-51-48-46-44-41-32-30-28-26-23-20-17-14-11-8-5-2/h8-9,11-12,17-18,20-22,25-26,28-29,31-32,34-35,41,46,48-49,52,58,61,72H,4-7,10,13-16,19,23-24,27,30,33,36-40,42-45,47,50-51,53-57,59-60,62-71H2,1-3H3/b11-8-,12-9-,20-17-,21-18-,25-22-,28-26-,31-29-,35-34-,41-32-,48-46-,52-49-,61-58-. The molecule has 0 aromatic carbocycles. The summed E-state index contributed by atoms with van der Waals surface area (Å²) in [5.41, 5.74) is 0. The highest BCUT2D eigenvalue weighted by Crippen LogP contribution is 2.16. The number of hydrogen-bond acceptors (Lipinski definition) is 6. The first kappa shape index (κ1) is 76.3. The topological polar surface area (TPSA) is 78.9 Å². The highest BCUT2D eigenvalue weighted by molar-refractivity contribution is 5.71. The molecular weight excluding hydrogens is 997 g/mol. The number of ether oxygens (including phenoxy) is 3. The second-order valence-electron chi connectivity index (χ2n) is 21.6. The maximum Gasteiger partial charge on any atom is 0.306 e. The van der Waals surface area contributed by atoms with Crippen molar-refractivity contribution < 1.29 is 28.6 Å². The zero-order valence-corrected chi connectivity index (χ0v) is 52.5. The highest BCUT2D eigenvalue weighted by Gasteiger charge is 2.19. The van der Waals surface area contributed by atoms with E-state index in [1.165, 1.54) is 116 Å². The Morgan fingerprint density at radius 1 is 0.259 bits per heavy atom. The average molecular weight is 1120 g/mol. The summed E-state index contributed by atoms with van der Waals surface area (Å²) in [6, 6.07) is 0. The minimum Gasteiger partial charge on any atom is -0.462 e. The van der Waals surface area contributed by atoms with E-state index in [4.69, 9.17) is 14.2 Å². The summed E-state index contributed by atoms with van der Waals surface area (Å²) in [5, 5.41) is 0. The van der Waals surface area contributed by atoms with E-state index >= 15 is 0 Å². The smallest absolute Gasteiger partial charge is 0.306 e. The Hall–Kier alpha value is -4.71. The van der Waals surface area contributed by atoms with E-state index in [1.807, 2.05) is 6.08 Å². The molecule has 1 atom stereocenters. The van der Waals surface area contributed by atoms with Crippen LogP contribution in [0, 0.1) is 0 Å². The first-order valence-electron chi connectivity index (χ1n) is 33.3. The minimum absolute atomic E-state index is 0.113. The van der Waals surface area contributed by atoms with Crippen LogP contribution in [0.15, 0.2) is 146 Å². The van der Waals surface area contributed by atoms with E-state index in [0.29, 0.717) is 12.8 Å². The molecule has 0 aromatic rings. The lowest BCUT2D eigenvalue weighted by atomic mass is 10.0. The lowest BCUT2D eigenvalue weighted by Crippen LogP contribution is -2.30. The van der Waals surface area contributed by atoms with Gasteiger partial charge in [-0.15, -0.1) is 0 Å². The predicted molar refractivity (Wildman–Crippen MR) is 352 cm³/mol. The molecule has 6 heteroatoms. The third kappa shape index (κ3) is 66.0. The zero-order valence-electron chi connectivity index (χ0n) is 52.5. The van der Waals surface area contributed by atoms with Gasteiger partial charge in [-0.1, -0.05) is 289 Å². The van der Waals surface area contributed by atoms with Gasteiger partial charge < -0.3 is 14.2 Å². The van der Waals surface area contributed by atoms with Gasteiger partial charge in [0.15, 0.2) is 6.10 Å². The summed E-state index contributed by atoms with van der Waals surface area (Å²) >= 11 is 0. The van der Waals surface area contributed by atoms with Gasteiger partial charge in [-0.25, -0.2) is 0 Å². The van der Waals surface area contributed by atoms with Crippen molar-refractivity contribution in [3.8, 4) is 0 Å². The molecule has 81 heavy (non-hydrogen) atoms. The van der Waals surface area contributed by atoms with Crippen molar-refractivity contribution in [1.82, 2.24) is 0 Å². The molecule has 0 aliphatic carbocycles. The third-order valence-corrected chi connectivity index (χ3v) is 13.8. The molecule has 0 rings (SSSR count). The first-order chi connectivity index (χ1) is 40.0. The maximum absolute atomic E-state index is 12.9. The van der Waals surface area contributed by atoms with Crippen LogP contribution < -0.4 is 0 Å². The molecule has 6 nitrogen and oxygen atoms in total. The molecule has 0 radical (unpaired) electrons. The number of esters is 3. The number of carbonyl (C=O) groups is 3. The van der Waals surface area contributed by atoms with Crippen LogP contribution in [0.1, 0.15) is 290 Å². The van der Waals surface area contributed by atoms with Crippen molar-refractivity contribution in [2.45, 2.75) is 297 Å². The van der Waals surface area contributed by atoms with Crippen LogP contribution in [-0.2, 0) is 28.6 Å². The minimum atomic E-state index is -0.825. The maximum atomic E-state index is 12.9. The molecule has 458 valence electrons. The fourth-order valence-electron chi connectivity index (χ4n) is 8.90. The molecule has 0 aromatic heterocycles. The molecular formula is C75H122O6. The van der Waals surface area contributed by atoms with E-state index in [-0.39, 0.29) is 44.0 Å². The monoisotopic (exact) mass is 1120 g/mol. The second-order valence-corrected chi connectivity index (χ2v) is 21.6. The summed E-state index contributed by atoms with van der Waals surface area (Å²) in [4.78, 5) is 38.3. The molecule has 0 bridgehead atoms. The molecule has 0 heterocycles. The van der Waals surface area contributed by atoms with E-state index in [0.717, 1.165) is 128 Å². The summed E-state index contributed by atoms with van der Waals surface area (Å²) in [6.45, 7) is 6.33. The van der Waals surface area contributed by atoms with Crippen molar-refractivity contribution in [2.75, 3.05) is 13.2 Å². The van der Waals surface area contributed by atoms with Crippen LogP contribution in [0.5, 0.6) is 0 Å². The van der Waals surface area contributed by atoms with Gasteiger partial charge in [-0.2, -0.15) is 0 Å². The molecule has 0 saturated heterocycles. The van der Waals surface area contributed by atoms with Gasteiger partial charge in [0, 0.05) is 19.3 Å². The fourth-order valence-corrected chi connectivity index (χ4v) is 8.90. The van der Waals surface area contributed by atoms with Gasteiger partial charge in [0.05, 0.1) is 0 Å². The number of carbonyl (C=O) groups excluding carboxylic acids is 3. The van der Waals surface area contributed by atoms with Crippen LogP contribution in [0.4, 0.5) is 0 Å². The van der Waals surface area contributed by atoms with Crippen LogP contribution >= 0.6 is 0 Å². The number of unbranched alkanes of at least 4 members (excludes halogenated alkanes) is 24. The van der Waals surface area contributed by atoms with E-state index in [2.05, 4.69) is 161 Å². The molecule has 1 unspecified atom stereocenters. The van der Waals surface area contributed by atoms with Crippen LogP contribution in [0.25, 0.3) is 0 Å². The normalized spacial score (nSPS) is 13.1. The summed E-state index contributed by atoms with van der Waals surface area (Å²) in [5.74, 6) is -1.02. The Kier molecular flexibility index (Phi) is 63.9. The predicted octanol–water partition coefficient (Wildman–Crippen LogP) is 23.1. The van der Waals surface area contributed by atoms with Gasteiger partial charge in [0.1, 0.15) is 13.2 Å². The zero-order chi connectivity index (χ0) is 58.5. The molecule has 0 aliphatic heterocycles. The van der Waals surface area contributed by atoms with E-state index in [9.17, 15) is 14.4 Å². The number of hydrogen-bond donors (Lipinski definition) is 0. The Balaban J connectivity index is 4.36. The fraction of sp³-hybridized carbons (Fsp3) is 0.640. The molecule has 0 aliphatic rings. The molecule has 0 spiro atoms. The van der Waals surface area contributed by atoms with Gasteiger partial charge >= 0.3 is 17.9 Å². The third-order valence-electron chi connectivity index (χ3n) is 13.8. The molecule has 0 saturated carbocycles. The van der Waals surface area contributed by atoms with E-state index in [1.54, 1.807) is 0 Å². The first-order valence-corrected chi connectivity index (χ1v) is 33.3. The van der Waals surface area contributed by atoms with Gasteiger partial charge in [0.25, 0.3) is 0 Å². The van der Waals surface area contributed by atoms with Gasteiger partial charge in [-0.05, 0) is 128 Å². The Morgan fingerprint density at radius 2 is 0.506 bits per heavy atom. The lowest BCUT2D eigenvalue weighted by Gasteiger charge is -2.18. The molecule has 0 amide bonds. The largest absolute Gasteiger partial charge is 0.462 e. The number of allylic oxidation sites excluding steroid dienone is 24.